The van der Waals surface area contributed by atoms with Gasteiger partial charge in [0, 0.05) is 0 Å². The standard InChI is InChI=1S/C14H16FN3O7/c1-13(2)24-8-9(25-13)14(22,5-16)7(4-19)23-11(8)18-3-6(15)10(20)17-12(18)21/h3,7-9,11,19,22H,4H2,1-2H3,(H,17,20,21)/t7-,8+,9-,11+,14-/m1/s1. The van der Waals surface area contributed by atoms with Gasteiger partial charge in [0.15, 0.2) is 12.0 Å². The fourth-order valence-corrected chi connectivity index (χ4v) is 3.06. The molecule has 3 N–H and O–H groups in total. The van der Waals surface area contributed by atoms with Crippen molar-refractivity contribution in [3.8, 4) is 6.07 Å². The first-order valence-electron chi connectivity index (χ1n) is 7.39. The predicted molar refractivity (Wildman–Crippen MR) is 76.7 cm³/mol. The van der Waals surface area contributed by atoms with E-state index in [1.165, 1.54) is 13.8 Å². The van der Waals surface area contributed by atoms with Crippen LogP contribution in [0, 0.1) is 17.1 Å². The SMILES string of the molecule is CC1(C)O[C@H]2[C@@H](O1)[C@@](O)(C#N)[C@@H](CO)O[C@@H]2n1cc(F)c(=O)[nH]c1=O. The normalized spacial score (nSPS) is 36.6. The molecule has 5 atom stereocenters. The number of aromatic nitrogens is 2. The lowest BCUT2D eigenvalue weighted by Gasteiger charge is -2.44. The maximum absolute atomic E-state index is 13.6. The zero-order valence-electron chi connectivity index (χ0n) is 13.3. The molecule has 1 aromatic heterocycles. The van der Waals surface area contributed by atoms with Crippen LogP contribution in [0.4, 0.5) is 4.39 Å². The van der Waals surface area contributed by atoms with E-state index < -0.39 is 59.6 Å². The minimum absolute atomic E-state index is 0.628. The van der Waals surface area contributed by atoms with Gasteiger partial charge in [-0.1, -0.05) is 0 Å². The number of H-pyrrole nitrogens is 1. The summed E-state index contributed by atoms with van der Waals surface area (Å²) < 4.78 is 31.0. The van der Waals surface area contributed by atoms with E-state index in [0.717, 1.165) is 4.57 Å². The zero-order chi connectivity index (χ0) is 18.6. The van der Waals surface area contributed by atoms with E-state index in [0.29, 0.717) is 6.20 Å². The number of aromatic amines is 1. The number of aliphatic hydroxyl groups excluding tert-OH is 1. The molecule has 11 heteroatoms. The van der Waals surface area contributed by atoms with Gasteiger partial charge in [-0.25, -0.2) is 4.79 Å². The molecule has 0 spiro atoms. The quantitative estimate of drug-likeness (QED) is 0.533. The number of nitriles is 1. The lowest BCUT2D eigenvalue weighted by atomic mass is 9.85. The van der Waals surface area contributed by atoms with Gasteiger partial charge in [-0.3, -0.25) is 14.3 Å². The van der Waals surface area contributed by atoms with Gasteiger partial charge in [0.05, 0.1) is 12.8 Å². The van der Waals surface area contributed by atoms with Crippen LogP contribution < -0.4 is 11.2 Å². The minimum atomic E-state index is -2.26. The highest BCUT2D eigenvalue weighted by Gasteiger charge is 2.63. The molecule has 0 saturated carbocycles. The fourth-order valence-electron chi connectivity index (χ4n) is 3.06. The molecule has 2 aliphatic heterocycles. The first kappa shape index (κ1) is 17.7. The Labute approximate surface area is 140 Å². The third-order valence-corrected chi connectivity index (χ3v) is 4.18. The van der Waals surface area contributed by atoms with Gasteiger partial charge in [0.25, 0.3) is 5.56 Å². The summed E-state index contributed by atoms with van der Waals surface area (Å²) in [5.41, 5.74) is -4.44. The number of rotatable bonds is 2. The molecule has 0 aliphatic carbocycles. The number of aliphatic hydroxyl groups is 2. The first-order valence-corrected chi connectivity index (χ1v) is 7.39. The Bertz CT molecular complexity index is 844. The summed E-state index contributed by atoms with van der Waals surface area (Å²) in [5.74, 6) is -2.48. The molecule has 25 heavy (non-hydrogen) atoms. The van der Waals surface area contributed by atoms with Crippen LogP contribution in [0.5, 0.6) is 0 Å². The van der Waals surface area contributed by atoms with Crippen LogP contribution in [0.1, 0.15) is 20.1 Å². The van der Waals surface area contributed by atoms with Crippen molar-refractivity contribution >= 4 is 0 Å². The van der Waals surface area contributed by atoms with Crippen LogP contribution in [0.3, 0.4) is 0 Å². The average Bonchev–Trinajstić information content (AvgIpc) is 2.88. The molecular formula is C14H16FN3O7. The highest BCUT2D eigenvalue weighted by molar-refractivity contribution is 5.18. The van der Waals surface area contributed by atoms with Crippen LogP contribution in [0.25, 0.3) is 0 Å². The van der Waals surface area contributed by atoms with E-state index in [1.807, 2.05) is 0 Å². The van der Waals surface area contributed by atoms with E-state index in [4.69, 9.17) is 14.2 Å². The number of fused-ring (bicyclic) bond motifs is 1. The summed E-state index contributed by atoms with van der Waals surface area (Å²) in [6, 6.07) is 1.64. The Morgan fingerprint density at radius 1 is 1.44 bits per heavy atom. The van der Waals surface area contributed by atoms with Gasteiger partial charge in [-0.2, -0.15) is 9.65 Å². The predicted octanol–water partition coefficient (Wildman–Crippen LogP) is -1.66. The minimum Gasteiger partial charge on any atom is -0.394 e. The van der Waals surface area contributed by atoms with E-state index >= 15 is 0 Å². The van der Waals surface area contributed by atoms with Crippen molar-refractivity contribution in [2.24, 2.45) is 0 Å². The third-order valence-electron chi connectivity index (χ3n) is 4.18. The molecule has 10 nitrogen and oxygen atoms in total. The molecule has 0 bridgehead atoms. The van der Waals surface area contributed by atoms with E-state index in [2.05, 4.69) is 0 Å². The molecule has 1 aromatic rings. The Morgan fingerprint density at radius 2 is 2.12 bits per heavy atom. The van der Waals surface area contributed by atoms with Gasteiger partial charge in [0.2, 0.25) is 11.4 Å². The summed E-state index contributed by atoms with van der Waals surface area (Å²) in [7, 11) is 0. The molecule has 2 aliphatic rings. The first-order chi connectivity index (χ1) is 11.6. The van der Waals surface area contributed by atoms with Crippen molar-refractivity contribution in [2.45, 2.75) is 49.8 Å². The molecule has 3 heterocycles. The molecule has 0 amide bonds. The Balaban J connectivity index is 2.13. The van der Waals surface area contributed by atoms with Crippen LogP contribution in [0.2, 0.25) is 0 Å². The van der Waals surface area contributed by atoms with Crippen molar-refractivity contribution in [2.75, 3.05) is 6.61 Å². The van der Waals surface area contributed by atoms with Gasteiger partial charge in [-0.15, -0.1) is 0 Å². The topological polar surface area (TPSA) is 147 Å². The number of ether oxygens (including phenoxy) is 3. The number of halogens is 1. The van der Waals surface area contributed by atoms with Crippen molar-refractivity contribution in [3.63, 3.8) is 0 Å². The molecule has 0 aromatic carbocycles. The molecule has 136 valence electrons. The van der Waals surface area contributed by atoms with E-state index in [1.54, 1.807) is 11.1 Å². The van der Waals surface area contributed by atoms with E-state index in [-0.39, 0.29) is 0 Å². The Morgan fingerprint density at radius 3 is 2.72 bits per heavy atom. The Kier molecular flexibility index (Phi) is 4.05. The van der Waals surface area contributed by atoms with Gasteiger partial charge < -0.3 is 24.4 Å². The van der Waals surface area contributed by atoms with Crippen molar-refractivity contribution in [1.29, 1.82) is 5.26 Å². The monoisotopic (exact) mass is 357 g/mol. The molecule has 0 radical (unpaired) electrons. The van der Waals surface area contributed by atoms with E-state index in [9.17, 15) is 29.5 Å². The summed E-state index contributed by atoms with van der Waals surface area (Å²) in [5, 5.41) is 29.5. The molecule has 0 unspecified atom stereocenters. The second-order valence-corrected chi connectivity index (χ2v) is 6.30. The molecular weight excluding hydrogens is 341 g/mol. The lowest BCUT2D eigenvalue weighted by molar-refractivity contribution is -0.247. The van der Waals surface area contributed by atoms with Crippen LogP contribution in [0.15, 0.2) is 15.8 Å². The summed E-state index contributed by atoms with van der Waals surface area (Å²) in [6.07, 6.45) is -4.64. The highest BCUT2D eigenvalue weighted by atomic mass is 19.1. The fraction of sp³-hybridized carbons (Fsp3) is 0.643. The van der Waals surface area contributed by atoms with Gasteiger partial charge >= 0.3 is 5.69 Å². The lowest BCUT2D eigenvalue weighted by Crippen LogP contribution is -2.64. The van der Waals surface area contributed by atoms with Crippen LogP contribution in [-0.2, 0) is 14.2 Å². The number of nitrogens with zero attached hydrogens (tertiary/aromatic N) is 2. The molecule has 2 fully saturated rings. The smallest absolute Gasteiger partial charge is 0.330 e. The summed E-state index contributed by atoms with van der Waals surface area (Å²) >= 11 is 0. The maximum atomic E-state index is 13.6. The largest absolute Gasteiger partial charge is 0.394 e. The number of hydrogen-bond donors (Lipinski definition) is 3. The van der Waals surface area contributed by atoms with Crippen LogP contribution >= 0.6 is 0 Å². The number of nitrogens with one attached hydrogen (secondary N) is 1. The van der Waals surface area contributed by atoms with Gasteiger partial charge in [-0.05, 0) is 13.8 Å². The Hall–Kier alpha value is -2.10. The molecule has 3 rings (SSSR count). The maximum Gasteiger partial charge on any atom is 0.330 e. The second kappa shape index (κ2) is 5.72. The van der Waals surface area contributed by atoms with Crippen molar-refractivity contribution < 1.29 is 28.8 Å². The number of hydrogen-bond acceptors (Lipinski definition) is 8. The van der Waals surface area contributed by atoms with Gasteiger partial charge in [0.1, 0.15) is 24.4 Å². The van der Waals surface area contributed by atoms with Crippen molar-refractivity contribution in [1.82, 2.24) is 9.55 Å². The van der Waals surface area contributed by atoms with Crippen molar-refractivity contribution in [3.05, 3.63) is 32.9 Å². The highest BCUT2D eigenvalue weighted by Crippen LogP contribution is 2.45. The summed E-state index contributed by atoms with van der Waals surface area (Å²) in [4.78, 5) is 25.0. The molecule has 2 saturated heterocycles. The second-order valence-electron chi connectivity index (χ2n) is 6.30. The summed E-state index contributed by atoms with van der Waals surface area (Å²) in [6.45, 7) is 2.27. The zero-order valence-corrected chi connectivity index (χ0v) is 13.3. The average molecular weight is 357 g/mol. The van der Waals surface area contributed by atoms with Crippen LogP contribution in [-0.4, -0.2) is 56.1 Å². The third kappa shape index (κ3) is 2.68.